The van der Waals surface area contributed by atoms with Gasteiger partial charge in [-0.05, 0) is 36.4 Å². The van der Waals surface area contributed by atoms with Crippen LogP contribution in [0.5, 0.6) is 0 Å². The predicted octanol–water partition coefficient (Wildman–Crippen LogP) is 8.28. The Kier molecular flexibility index (Phi) is 3.84. The Balaban J connectivity index is 1.81. The number of hydrogen-bond donors (Lipinski definition) is 3. The van der Waals surface area contributed by atoms with Gasteiger partial charge < -0.3 is 15.0 Å². The third kappa shape index (κ3) is 2.83. The van der Waals surface area contributed by atoms with E-state index >= 15 is 0 Å². The first-order valence-electron chi connectivity index (χ1n) is 11.2. The lowest BCUT2D eigenvalue weighted by Crippen LogP contribution is -1.74. The molecule has 4 heterocycles. The fourth-order valence-electron chi connectivity index (χ4n) is 4.99. The first-order valence-corrected chi connectivity index (χ1v) is 11.2. The molecule has 4 aromatic heterocycles. The SMILES string of the molecule is c1ccc2c3ccc([nH]3)c3ccccc3c3ccc([nH]3)c3ccccc3c3ccc([nH]3)c2c1. The second kappa shape index (κ2) is 7.01. The number of benzene rings is 3. The molecule has 3 N–H and O–H groups in total. The van der Waals surface area contributed by atoms with Crippen LogP contribution in [-0.4, -0.2) is 15.0 Å². The van der Waals surface area contributed by atoms with Gasteiger partial charge in [-0.3, -0.25) is 0 Å². The molecule has 0 aliphatic carbocycles. The van der Waals surface area contributed by atoms with Crippen molar-refractivity contribution in [3.8, 4) is 0 Å². The van der Waals surface area contributed by atoms with Crippen molar-refractivity contribution in [2.24, 2.45) is 0 Å². The Morgan fingerprint density at radius 2 is 0.424 bits per heavy atom. The third-order valence-corrected chi connectivity index (χ3v) is 6.58. The van der Waals surface area contributed by atoms with E-state index in [9.17, 15) is 0 Å². The van der Waals surface area contributed by atoms with E-state index < -0.39 is 0 Å². The predicted molar refractivity (Wildman–Crippen MR) is 141 cm³/mol. The maximum atomic E-state index is 3.68. The van der Waals surface area contributed by atoms with Crippen LogP contribution in [0.3, 0.4) is 0 Å². The minimum absolute atomic E-state index is 1.11. The molecule has 156 valence electrons. The normalized spacial score (nSPS) is 11.6. The summed E-state index contributed by atoms with van der Waals surface area (Å²) in [5.41, 5.74) is 6.63. The quantitative estimate of drug-likeness (QED) is 0.220. The zero-order valence-corrected chi connectivity index (χ0v) is 17.9. The van der Waals surface area contributed by atoms with E-state index in [0.717, 1.165) is 33.1 Å². The fourth-order valence-corrected chi connectivity index (χ4v) is 4.99. The molecule has 0 unspecified atom stereocenters. The minimum Gasteiger partial charge on any atom is -0.355 e. The average Bonchev–Trinajstić information content (AvgIpc) is 3.64. The van der Waals surface area contributed by atoms with Gasteiger partial charge in [0, 0.05) is 65.4 Å². The molecule has 0 saturated carbocycles. The summed E-state index contributed by atoms with van der Waals surface area (Å²) in [5, 5.41) is 7.08. The zero-order valence-electron chi connectivity index (χ0n) is 17.9. The largest absolute Gasteiger partial charge is 0.355 e. The molecule has 7 rings (SSSR count). The molecule has 3 heteroatoms. The molecule has 0 fully saturated rings. The molecule has 0 aliphatic rings. The van der Waals surface area contributed by atoms with Crippen molar-refractivity contribution < 1.29 is 0 Å². The summed E-state index contributed by atoms with van der Waals surface area (Å²) >= 11 is 0. The fraction of sp³-hybridized carbons (Fsp3) is 0. The lowest BCUT2D eigenvalue weighted by molar-refractivity contribution is 1.57. The van der Waals surface area contributed by atoms with Gasteiger partial charge in [0.15, 0.2) is 0 Å². The van der Waals surface area contributed by atoms with Crippen molar-refractivity contribution in [1.82, 2.24) is 15.0 Å². The number of H-pyrrole nitrogens is 3. The zero-order chi connectivity index (χ0) is 21.8. The van der Waals surface area contributed by atoms with E-state index in [1.165, 1.54) is 32.3 Å². The number of aromatic amines is 3. The Bertz CT molecular complexity index is 1570. The van der Waals surface area contributed by atoms with E-state index in [2.05, 4.69) is 124 Å². The molecule has 0 saturated heterocycles. The van der Waals surface area contributed by atoms with Gasteiger partial charge in [-0.25, -0.2) is 0 Å². The first kappa shape index (κ1) is 18.1. The second-order valence-electron chi connectivity index (χ2n) is 8.49. The van der Waals surface area contributed by atoms with Crippen LogP contribution in [0.2, 0.25) is 0 Å². The Morgan fingerprint density at radius 3 is 0.606 bits per heavy atom. The third-order valence-electron chi connectivity index (χ3n) is 6.58. The Hall–Kier alpha value is -4.50. The standard InChI is InChI=1S/C30H21N3/c1-2-8-20-19(7-1)25-13-14-27(31-25)21-9-3-4-10-22(21)29-17-18-30(33-29)24-12-6-5-11-23(24)28-16-15-26(20)32-28/h1-18,31-33H. The molecule has 7 aromatic rings. The Labute approximate surface area is 189 Å². The topological polar surface area (TPSA) is 47.4 Å². The number of rotatable bonds is 0. The van der Waals surface area contributed by atoms with Gasteiger partial charge in [0.05, 0.1) is 0 Å². The van der Waals surface area contributed by atoms with E-state index in [-0.39, 0.29) is 0 Å². The molecular formula is C30H21N3. The van der Waals surface area contributed by atoms with Crippen LogP contribution in [0.15, 0.2) is 109 Å². The minimum atomic E-state index is 1.11. The van der Waals surface area contributed by atoms with Gasteiger partial charge >= 0.3 is 0 Å². The summed E-state index contributed by atoms with van der Waals surface area (Å²) < 4.78 is 0. The first-order chi connectivity index (χ1) is 16.3. The lowest BCUT2D eigenvalue weighted by atomic mass is 10.1. The van der Waals surface area contributed by atoms with Gasteiger partial charge in [-0.2, -0.15) is 0 Å². The molecule has 6 bridgehead atoms. The molecule has 33 heavy (non-hydrogen) atoms. The van der Waals surface area contributed by atoms with Crippen molar-refractivity contribution >= 4 is 65.4 Å². The lowest BCUT2D eigenvalue weighted by Gasteiger charge is -1.97. The van der Waals surface area contributed by atoms with E-state index in [0.29, 0.717) is 0 Å². The van der Waals surface area contributed by atoms with Crippen molar-refractivity contribution in [2.75, 3.05) is 0 Å². The van der Waals surface area contributed by atoms with Crippen LogP contribution in [-0.2, 0) is 0 Å². The summed E-state index contributed by atoms with van der Waals surface area (Å²) in [4.78, 5) is 11.1. The smallest absolute Gasteiger partial charge is 0.0465 e. The van der Waals surface area contributed by atoms with Crippen molar-refractivity contribution in [3.05, 3.63) is 109 Å². The van der Waals surface area contributed by atoms with Crippen molar-refractivity contribution in [2.45, 2.75) is 0 Å². The van der Waals surface area contributed by atoms with Crippen LogP contribution in [0.4, 0.5) is 0 Å². The van der Waals surface area contributed by atoms with Crippen LogP contribution >= 0.6 is 0 Å². The van der Waals surface area contributed by atoms with E-state index in [4.69, 9.17) is 0 Å². The van der Waals surface area contributed by atoms with Crippen LogP contribution in [0.1, 0.15) is 0 Å². The van der Waals surface area contributed by atoms with Gasteiger partial charge in [-0.1, -0.05) is 72.8 Å². The summed E-state index contributed by atoms with van der Waals surface area (Å²) in [6.45, 7) is 0. The van der Waals surface area contributed by atoms with E-state index in [1.54, 1.807) is 0 Å². The summed E-state index contributed by atoms with van der Waals surface area (Å²) in [6.07, 6.45) is 0. The highest BCUT2D eigenvalue weighted by atomic mass is 14.7. The number of nitrogens with one attached hydrogen (secondary N) is 3. The average molecular weight is 424 g/mol. The molecule has 0 aliphatic heterocycles. The second-order valence-corrected chi connectivity index (χ2v) is 8.49. The molecule has 0 atom stereocenters. The molecule has 3 nitrogen and oxygen atoms in total. The number of aromatic nitrogens is 3. The molecule has 0 radical (unpaired) electrons. The monoisotopic (exact) mass is 423 g/mol. The summed E-state index contributed by atoms with van der Waals surface area (Å²) in [6, 6.07) is 38.7. The maximum Gasteiger partial charge on any atom is 0.0465 e. The van der Waals surface area contributed by atoms with E-state index in [1.807, 2.05) is 0 Å². The Morgan fingerprint density at radius 1 is 0.242 bits per heavy atom. The van der Waals surface area contributed by atoms with Crippen LogP contribution < -0.4 is 0 Å². The molecular weight excluding hydrogens is 402 g/mol. The van der Waals surface area contributed by atoms with Gasteiger partial charge in [0.2, 0.25) is 0 Å². The highest BCUT2D eigenvalue weighted by Crippen LogP contribution is 2.28. The summed E-state index contributed by atoms with van der Waals surface area (Å²) in [7, 11) is 0. The van der Waals surface area contributed by atoms with Crippen LogP contribution in [0, 0.1) is 0 Å². The molecule has 3 aromatic carbocycles. The molecule has 0 amide bonds. The highest BCUT2D eigenvalue weighted by molar-refractivity contribution is 6.10. The van der Waals surface area contributed by atoms with Gasteiger partial charge in [0.1, 0.15) is 0 Å². The van der Waals surface area contributed by atoms with Crippen molar-refractivity contribution in [1.29, 1.82) is 0 Å². The van der Waals surface area contributed by atoms with Gasteiger partial charge in [0.25, 0.3) is 0 Å². The molecule has 0 spiro atoms. The number of hydrogen-bond acceptors (Lipinski definition) is 0. The number of fused-ring (bicyclic) bond motifs is 15. The van der Waals surface area contributed by atoms with Gasteiger partial charge in [-0.15, -0.1) is 0 Å². The van der Waals surface area contributed by atoms with Crippen LogP contribution in [0.25, 0.3) is 65.4 Å². The van der Waals surface area contributed by atoms with Crippen molar-refractivity contribution in [3.63, 3.8) is 0 Å². The highest BCUT2D eigenvalue weighted by Gasteiger charge is 2.05. The maximum absolute atomic E-state index is 3.68. The summed E-state index contributed by atoms with van der Waals surface area (Å²) in [5.74, 6) is 0.